The Balaban J connectivity index is 1.92. The first-order valence-corrected chi connectivity index (χ1v) is 7.07. The van der Waals surface area contributed by atoms with Crippen molar-refractivity contribution in [3.8, 4) is 0 Å². The average Bonchev–Trinajstić information content (AvgIpc) is 2.47. The SMILES string of the molecule is COC[C@H](O)CN1CCN(c2cc(C(F)(F)F)ccn2)CC1. The van der Waals surface area contributed by atoms with E-state index < -0.39 is 17.8 Å². The fourth-order valence-corrected chi connectivity index (χ4v) is 2.47. The van der Waals surface area contributed by atoms with Crippen LogP contribution in [-0.4, -0.2) is 67.5 Å². The van der Waals surface area contributed by atoms with E-state index in [1.807, 2.05) is 4.90 Å². The highest BCUT2D eigenvalue weighted by atomic mass is 19.4. The predicted molar refractivity (Wildman–Crippen MR) is 75.8 cm³/mol. The number of hydrogen-bond donors (Lipinski definition) is 1. The van der Waals surface area contributed by atoms with Gasteiger partial charge in [-0.3, -0.25) is 4.90 Å². The Morgan fingerprint density at radius 1 is 1.32 bits per heavy atom. The molecule has 0 radical (unpaired) electrons. The van der Waals surface area contributed by atoms with Crippen molar-refractivity contribution in [1.29, 1.82) is 0 Å². The van der Waals surface area contributed by atoms with Crippen LogP contribution in [0.3, 0.4) is 0 Å². The number of ether oxygens (including phenoxy) is 1. The smallest absolute Gasteiger partial charge is 0.389 e. The molecule has 0 saturated carbocycles. The van der Waals surface area contributed by atoms with Crippen LogP contribution >= 0.6 is 0 Å². The van der Waals surface area contributed by atoms with Gasteiger partial charge in [-0.25, -0.2) is 4.98 Å². The van der Waals surface area contributed by atoms with Crippen LogP contribution < -0.4 is 4.90 Å². The minimum atomic E-state index is -4.36. The van der Waals surface area contributed by atoms with Crippen molar-refractivity contribution in [2.24, 2.45) is 0 Å². The van der Waals surface area contributed by atoms with Crippen molar-refractivity contribution in [3.63, 3.8) is 0 Å². The van der Waals surface area contributed by atoms with Crippen LogP contribution in [0.4, 0.5) is 19.0 Å². The van der Waals surface area contributed by atoms with E-state index in [4.69, 9.17) is 4.74 Å². The number of nitrogens with zero attached hydrogens (tertiary/aromatic N) is 3. The number of rotatable bonds is 5. The van der Waals surface area contributed by atoms with Crippen molar-refractivity contribution in [1.82, 2.24) is 9.88 Å². The van der Waals surface area contributed by atoms with Crippen LogP contribution in [0.15, 0.2) is 18.3 Å². The lowest BCUT2D eigenvalue weighted by Gasteiger charge is -2.36. The highest BCUT2D eigenvalue weighted by Crippen LogP contribution is 2.30. The van der Waals surface area contributed by atoms with Crippen molar-refractivity contribution in [2.75, 3.05) is 51.3 Å². The number of piperazine rings is 1. The molecule has 1 aromatic rings. The molecule has 8 heteroatoms. The first-order valence-electron chi connectivity index (χ1n) is 7.07. The summed E-state index contributed by atoms with van der Waals surface area (Å²) in [6, 6.07) is 2.05. The molecular formula is C14H20F3N3O2. The van der Waals surface area contributed by atoms with Gasteiger partial charge in [-0.1, -0.05) is 0 Å². The number of β-amino-alcohol motifs (C(OH)–C–C–N with tert-alkyl or cyclic N) is 1. The van der Waals surface area contributed by atoms with E-state index in [2.05, 4.69) is 9.88 Å². The van der Waals surface area contributed by atoms with E-state index in [0.717, 1.165) is 12.1 Å². The zero-order valence-electron chi connectivity index (χ0n) is 12.4. The number of anilines is 1. The van der Waals surface area contributed by atoms with Crippen molar-refractivity contribution < 1.29 is 23.0 Å². The van der Waals surface area contributed by atoms with E-state index >= 15 is 0 Å². The highest BCUT2D eigenvalue weighted by molar-refractivity contribution is 5.42. The van der Waals surface area contributed by atoms with E-state index in [9.17, 15) is 18.3 Å². The molecule has 1 fully saturated rings. The van der Waals surface area contributed by atoms with Crippen molar-refractivity contribution in [2.45, 2.75) is 12.3 Å². The van der Waals surface area contributed by atoms with Gasteiger partial charge in [0.1, 0.15) is 5.82 Å². The van der Waals surface area contributed by atoms with Gasteiger partial charge in [0.05, 0.1) is 18.3 Å². The third-order valence-electron chi connectivity index (χ3n) is 3.60. The third kappa shape index (κ3) is 4.56. The van der Waals surface area contributed by atoms with Gasteiger partial charge in [0.2, 0.25) is 0 Å². The quantitative estimate of drug-likeness (QED) is 0.885. The Kier molecular flexibility index (Phi) is 5.60. The Morgan fingerprint density at radius 3 is 2.59 bits per heavy atom. The van der Waals surface area contributed by atoms with Gasteiger partial charge >= 0.3 is 6.18 Å². The Labute approximate surface area is 127 Å². The largest absolute Gasteiger partial charge is 0.416 e. The summed E-state index contributed by atoms with van der Waals surface area (Å²) >= 11 is 0. The second-order valence-electron chi connectivity index (χ2n) is 5.30. The molecule has 1 saturated heterocycles. The molecule has 0 bridgehead atoms. The summed E-state index contributed by atoms with van der Waals surface area (Å²) in [6.07, 6.45) is -3.72. The number of hydrogen-bond acceptors (Lipinski definition) is 5. The van der Waals surface area contributed by atoms with Crippen LogP contribution in [-0.2, 0) is 10.9 Å². The monoisotopic (exact) mass is 319 g/mol. The lowest BCUT2D eigenvalue weighted by Crippen LogP contribution is -2.49. The van der Waals surface area contributed by atoms with E-state index in [1.54, 1.807) is 0 Å². The molecule has 124 valence electrons. The minimum absolute atomic E-state index is 0.273. The number of aromatic nitrogens is 1. The normalized spacial score (nSPS) is 18.5. The first-order chi connectivity index (χ1) is 10.4. The van der Waals surface area contributed by atoms with Crippen molar-refractivity contribution in [3.05, 3.63) is 23.9 Å². The fourth-order valence-electron chi connectivity index (χ4n) is 2.47. The molecule has 1 aliphatic rings. The minimum Gasteiger partial charge on any atom is -0.389 e. The Bertz CT molecular complexity index is 477. The van der Waals surface area contributed by atoms with Gasteiger partial charge in [0, 0.05) is 46.0 Å². The average molecular weight is 319 g/mol. The molecule has 2 heterocycles. The van der Waals surface area contributed by atoms with Crippen molar-refractivity contribution >= 4 is 5.82 Å². The molecule has 22 heavy (non-hydrogen) atoms. The maximum Gasteiger partial charge on any atom is 0.416 e. The summed E-state index contributed by atoms with van der Waals surface area (Å²) in [5, 5.41) is 9.69. The van der Waals surface area contributed by atoms with Gasteiger partial charge in [0.25, 0.3) is 0 Å². The highest BCUT2D eigenvalue weighted by Gasteiger charge is 2.31. The molecule has 1 aromatic heterocycles. The number of halogens is 3. The van der Waals surface area contributed by atoms with Gasteiger partial charge < -0.3 is 14.7 Å². The molecule has 1 aliphatic heterocycles. The number of aliphatic hydroxyl groups is 1. The number of methoxy groups -OCH3 is 1. The second-order valence-corrected chi connectivity index (χ2v) is 5.30. The van der Waals surface area contributed by atoms with Crippen LogP contribution in [0.25, 0.3) is 0 Å². The van der Waals surface area contributed by atoms with Crippen LogP contribution in [0.1, 0.15) is 5.56 Å². The molecule has 0 aliphatic carbocycles. The molecular weight excluding hydrogens is 299 g/mol. The van der Waals surface area contributed by atoms with Gasteiger partial charge in [-0.05, 0) is 12.1 Å². The maximum absolute atomic E-state index is 12.7. The zero-order valence-corrected chi connectivity index (χ0v) is 12.4. The zero-order chi connectivity index (χ0) is 16.2. The van der Waals surface area contributed by atoms with Gasteiger partial charge in [-0.15, -0.1) is 0 Å². The lowest BCUT2D eigenvalue weighted by molar-refractivity contribution is -0.137. The standard InChI is InChI=1S/C14H20F3N3O2/c1-22-10-12(21)9-19-4-6-20(7-5-19)13-8-11(2-3-18-13)14(15,16)17/h2-3,8,12,21H,4-7,9-10H2,1H3/t12-/m1/s1. The second kappa shape index (κ2) is 7.26. The topological polar surface area (TPSA) is 48.8 Å². The van der Waals surface area contributed by atoms with Crippen LogP contribution in [0.5, 0.6) is 0 Å². The van der Waals surface area contributed by atoms with Gasteiger partial charge in [-0.2, -0.15) is 13.2 Å². The predicted octanol–water partition coefficient (Wildman–Crippen LogP) is 1.23. The van der Waals surface area contributed by atoms with E-state index in [0.29, 0.717) is 38.5 Å². The molecule has 2 rings (SSSR count). The fraction of sp³-hybridized carbons (Fsp3) is 0.643. The summed E-state index contributed by atoms with van der Waals surface area (Å²) < 4.78 is 43.0. The van der Waals surface area contributed by atoms with Crippen LogP contribution in [0.2, 0.25) is 0 Å². The number of aliphatic hydroxyl groups excluding tert-OH is 1. The van der Waals surface area contributed by atoms with E-state index in [1.165, 1.54) is 13.3 Å². The molecule has 0 aromatic carbocycles. The summed E-state index contributed by atoms with van der Waals surface area (Å²) in [6.45, 7) is 3.26. The molecule has 0 amide bonds. The Morgan fingerprint density at radius 2 is 2.00 bits per heavy atom. The lowest BCUT2D eigenvalue weighted by atomic mass is 10.2. The molecule has 0 unspecified atom stereocenters. The summed E-state index contributed by atoms with van der Waals surface area (Å²) in [4.78, 5) is 7.92. The maximum atomic E-state index is 12.7. The third-order valence-corrected chi connectivity index (χ3v) is 3.60. The molecule has 1 N–H and O–H groups in total. The van der Waals surface area contributed by atoms with Gasteiger partial charge in [0.15, 0.2) is 0 Å². The summed E-state index contributed by atoms with van der Waals surface area (Å²) in [5.41, 5.74) is -0.685. The molecule has 0 spiro atoms. The summed E-state index contributed by atoms with van der Waals surface area (Å²) in [5.74, 6) is 0.340. The molecule has 5 nitrogen and oxygen atoms in total. The van der Waals surface area contributed by atoms with E-state index in [-0.39, 0.29) is 6.61 Å². The number of alkyl halides is 3. The summed E-state index contributed by atoms with van der Waals surface area (Å²) in [7, 11) is 1.53. The first kappa shape index (κ1) is 17.0. The Hall–Kier alpha value is -1.38. The molecule has 1 atom stereocenters. The number of pyridine rings is 1. The van der Waals surface area contributed by atoms with Crippen LogP contribution in [0, 0.1) is 0 Å².